The zero-order chi connectivity index (χ0) is 52.6. The monoisotopic (exact) mass is 1020 g/mol. The van der Waals surface area contributed by atoms with Crippen LogP contribution in [0.15, 0.2) is 36.5 Å². The lowest BCUT2D eigenvalue weighted by atomic mass is 10.0. The van der Waals surface area contributed by atoms with E-state index in [0.29, 0.717) is 57.5 Å². The maximum atomic E-state index is 15.7. The number of methoxy groups -OCH3 is 1. The number of halogens is 3. The molecule has 8 rings (SSSR count). The molecule has 1 unspecified atom stereocenters. The zero-order valence-electron chi connectivity index (χ0n) is 41.7. The van der Waals surface area contributed by atoms with E-state index in [9.17, 15) is 33.6 Å². The van der Waals surface area contributed by atoms with Crippen molar-refractivity contribution in [3.63, 3.8) is 0 Å². The second kappa shape index (κ2) is 20.9. The molecule has 392 valence electrons. The summed E-state index contributed by atoms with van der Waals surface area (Å²) in [6, 6.07) is 5.32. The van der Waals surface area contributed by atoms with Gasteiger partial charge in [-0.3, -0.25) is 43.8 Å². The maximum absolute atomic E-state index is 15.7. The van der Waals surface area contributed by atoms with Gasteiger partial charge in [0.05, 0.1) is 60.0 Å². The minimum absolute atomic E-state index is 0.0244. The van der Waals surface area contributed by atoms with Gasteiger partial charge in [-0.25, -0.2) is 9.37 Å². The second-order valence-electron chi connectivity index (χ2n) is 20.3. The van der Waals surface area contributed by atoms with Crippen LogP contribution >= 0.6 is 0 Å². The number of hydrogen-bond donors (Lipinski definition) is 4. The number of nitrogens with one attached hydrogen (secondary N) is 4. The largest absolute Gasteiger partial charge is 0.495 e. The van der Waals surface area contributed by atoms with E-state index >= 15 is 13.2 Å². The van der Waals surface area contributed by atoms with Crippen molar-refractivity contribution < 1.29 is 60.9 Å². The van der Waals surface area contributed by atoms with Crippen molar-refractivity contribution in [2.45, 2.75) is 121 Å². The Bertz CT molecular complexity index is 2700. The van der Waals surface area contributed by atoms with Crippen LogP contribution in [0.4, 0.5) is 42.0 Å². The SMILES string of the molecule is COc1cc(C(=O)N[C@H]2CCN(C(=O)COC(C)(C)CCOC(C)(C)CCNc3cccc4c3C(=O)N(C3CCC(=O)NC3=O)C4=O)C2)c(F)cc1Nc1ncc2c(n1)N(C1CCCC1)CC(F)(F)C(=O)N2C. The number of carbonyl (C=O) groups is 7. The quantitative estimate of drug-likeness (QED) is 0.124. The Morgan fingerprint density at radius 1 is 0.945 bits per heavy atom. The fraction of sp³-hybridized carbons (Fsp3) is 0.540. The summed E-state index contributed by atoms with van der Waals surface area (Å²) in [4.78, 5) is 104. The van der Waals surface area contributed by atoms with Crippen LogP contribution in [-0.4, -0.2) is 150 Å². The second-order valence-corrected chi connectivity index (χ2v) is 20.3. The van der Waals surface area contributed by atoms with Gasteiger partial charge in [0.25, 0.3) is 23.6 Å². The summed E-state index contributed by atoms with van der Waals surface area (Å²) in [7, 11) is 2.58. The lowest BCUT2D eigenvalue weighted by molar-refractivity contribution is -0.143. The van der Waals surface area contributed by atoms with Gasteiger partial charge >= 0.3 is 5.92 Å². The van der Waals surface area contributed by atoms with Gasteiger partial charge in [0.2, 0.25) is 23.7 Å². The van der Waals surface area contributed by atoms with E-state index in [-0.39, 0.29) is 83.5 Å². The fourth-order valence-corrected chi connectivity index (χ4v) is 9.81. The number of anilines is 5. The summed E-state index contributed by atoms with van der Waals surface area (Å²) >= 11 is 0. The lowest BCUT2D eigenvalue weighted by Crippen LogP contribution is -2.54. The number of aromatic nitrogens is 2. The minimum atomic E-state index is -3.66. The number of nitrogens with zero attached hydrogens (tertiary/aromatic N) is 6. The average molecular weight is 1020 g/mol. The van der Waals surface area contributed by atoms with Gasteiger partial charge in [-0.15, -0.1) is 0 Å². The molecular weight excluding hydrogens is 958 g/mol. The van der Waals surface area contributed by atoms with Crippen LogP contribution < -0.4 is 35.8 Å². The summed E-state index contributed by atoms with van der Waals surface area (Å²) in [5, 5.41) is 11.1. The fourth-order valence-electron chi connectivity index (χ4n) is 9.81. The molecule has 2 saturated heterocycles. The molecule has 5 heterocycles. The molecule has 1 aromatic heterocycles. The highest BCUT2D eigenvalue weighted by molar-refractivity contribution is 6.25. The summed E-state index contributed by atoms with van der Waals surface area (Å²) in [5.41, 5.74) is -0.728. The highest BCUT2D eigenvalue weighted by atomic mass is 19.3. The van der Waals surface area contributed by atoms with Crippen molar-refractivity contribution in [3.05, 3.63) is 59.0 Å². The van der Waals surface area contributed by atoms with Gasteiger partial charge in [-0.05, 0) is 84.4 Å². The smallest absolute Gasteiger partial charge is 0.342 e. The van der Waals surface area contributed by atoms with Crippen LogP contribution in [-0.2, 0) is 28.7 Å². The minimum Gasteiger partial charge on any atom is -0.495 e. The number of fused-ring (bicyclic) bond motifs is 2. The molecule has 1 aliphatic carbocycles. The summed E-state index contributed by atoms with van der Waals surface area (Å²) in [5.74, 6) is -9.12. The first-order valence-corrected chi connectivity index (χ1v) is 24.5. The molecule has 3 fully saturated rings. The lowest BCUT2D eigenvalue weighted by Gasteiger charge is -2.31. The Labute approximate surface area is 420 Å². The zero-order valence-corrected chi connectivity index (χ0v) is 41.7. The first kappa shape index (κ1) is 52.4. The molecule has 5 aliphatic rings. The number of alkyl halides is 2. The van der Waals surface area contributed by atoms with E-state index in [2.05, 4.69) is 31.2 Å². The van der Waals surface area contributed by atoms with Crippen molar-refractivity contribution >= 4 is 70.2 Å². The number of rotatable bonds is 18. The highest BCUT2D eigenvalue weighted by Crippen LogP contribution is 2.41. The van der Waals surface area contributed by atoms with Crippen LogP contribution in [0.5, 0.6) is 5.75 Å². The summed E-state index contributed by atoms with van der Waals surface area (Å²) < 4.78 is 63.7. The van der Waals surface area contributed by atoms with Crippen molar-refractivity contribution in [3.8, 4) is 5.75 Å². The Balaban J connectivity index is 0.788. The number of hydrogen-bond acceptors (Lipinski definition) is 15. The van der Waals surface area contributed by atoms with Gasteiger partial charge in [-0.2, -0.15) is 13.8 Å². The van der Waals surface area contributed by atoms with Crippen molar-refractivity contribution in [1.82, 2.24) is 30.4 Å². The molecule has 2 atom stereocenters. The van der Waals surface area contributed by atoms with Crippen LogP contribution in [0.25, 0.3) is 0 Å². The number of piperidine rings is 1. The summed E-state index contributed by atoms with van der Waals surface area (Å²) in [6.07, 6.45) is 5.72. The maximum Gasteiger partial charge on any atom is 0.342 e. The Hall–Kier alpha value is -6.88. The molecule has 20 nitrogen and oxygen atoms in total. The van der Waals surface area contributed by atoms with Crippen molar-refractivity contribution in [2.24, 2.45) is 0 Å². The molecule has 2 aromatic carbocycles. The van der Waals surface area contributed by atoms with E-state index in [0.717, 1.165) is 28.7 Å². The Kier molecular flexibility index (Phi) is 15.0. The molecular formula is C50H61F3N10O10. The van der Waals surface area contributed by atoms with Crippen LogP contribution in [0.3, 0.4) is 0 Å². The molecule has 0 bridgehead atoms. The Morgan fingerprint density at radius 2 is 1.68 bits per heavy atom. The van der Waals surface area contributed by atoms with Crippen LogP contribution in [0.1, 0.15) is 117 Å². The standard InChI is InChI=1S/C50H61F3N10O10/c1-48(2,17-19-54-33-13-9-12-30-40(33)45(69)63(44(30)68)35-14-15-38(64)58-43(35)67)72-21-18-49(3,4)73-26-39(65)61-20-16-28(25-61)56-42(66)31-22-37(71-6)34(23-32(31)51)57-47-55-24-36-41(59-47)62(29-10-7-8-11-29)27-50(52,53)46(70)60(36)5/h9,12-13,22-24,28-29,35,54H,7-8,10-11,14-21,25-27H2,1-6H3,(H,56,66)(H,55,57,59)(H,58,64,67)/t28-,35?/m0/s1. The summed E-state index contributed by atoms with van der Waals surface area (Å²) in [6.45, 7) is 7.64. The topological polar surface area (TPSA) is 234 Å². The van der Waals surface area contributed by atoms with Gasteiger partial charge in [0.1, 0.15) is 29.9 Å². The van der Waals surface area contributed by atoms with Crippen LogP contribution in [0, 0.1) is 5.82 Å². The third-order valence-electron chi connectivity index (χ3n) is 14.1. The average Bonchev–Trinajstić information content (AvgIpc) is 4.10. The van der Waals surface area contributed by atoms with Crippen molar-refractivity contribution in [2.75, 3.05) is 74.0 Å². The van der Waals surface area contributed by atoms with E-state index in [4.69, 9.17) is 14.2 Å². The van der Waals surface area contributed by atoms with E-state index in [1.54, 1.807) is 17.0 Å². The molecule has 23 heteroatoms. The predicted molar refractivity (Wildman–Crippen MR) is 260 cm³/mol. The molecule has 0 radical (unpaired) electrons. The van der Waals surface area contributed by atoms with Gasteiger partial charge in [-0.1, -0.05) is 18.9 Å². The van der Waals surface area contributed by atoms with Crippen LogP contribution in [0.2, 0.25) is 0 Å². The highest BCUT2D eigenvalue weighted by Gasteiger charge is 2.49. The Morgan fingerprint density at radius 3 is 2.41 bits per heavy atom. The third-order valence-corrected chi connectivity index (χ3v) is 14.1. The molecule has 4 N–H and O–H groups in total. The number of carbonyl (C=O) groups excluding carboxylic acids is 7. The van der Waals surface area contributed by atoms with E-state index < -0.39 is 77.0 Å². The first-order valence-electron chi connectivity index (χ1n) is 24.5. The number of imide groups is 2. The number of amides is 7. The van der Waals surface area contributed by atoms with Crippen molar-refractivity contribution in [1.29, 1.82) is 0 Å². The van der Waals surface area contributed by atoms with Gasteiger partial charge < -0.3 is 44.9 Å². The van der Waals surface area contributed by atoms with E-state index in [1.165, 1.54) is 37.4 Å². The molecule has 3 aromatic rings. The molecule has 0 spiro atoms. The molecule has 7 amide bonds. The normalized spacial score (nSPS) is 20.3. The van der Waals surface area contributed by atoms with E-state index in [1.807, 2.05) is 27.7 Å². The molecule has 73 heavy (non-hydrogen) atoms. The first-order chi connectivity index (χ1) is 34.6. The number of likely N-dealkylation sites (tertiary alicyclic amines) is 1. The molecule has 1 saturated carbocycles. The number of ether oxygens (including phenoxy) is 3. The number of benzene rings is 2. The third kappa shape index (κ3) is 11.4. The molecule has 4 aliphatic heterocycles. The van der Waals surface area contributed by atoms with Gasteiger partial charge in [0, 0.05) is 56.9 Å². The predicted octanol–water partition coefficient (Wildman–Crippen LogP) is 4.94. The van der Waals surface area contributed by atoms with Gasteiger partial charge in [0.15, 0.2) is 5.82 Å².